The van der Waals surface area contributed by atoms with E-state index in [1.54, 1.807) is 0 Å². The molecule has 18 heavy (non-hydrogen) atoms. The van der Waals surface area contributed by atoms with Gasteiger partial charge in [0.05, 0.1) is 26.2 Å². The van der Waals surface area contributed by atoms with Crippen molar-refractivity contribution < 1.29 is 9.80 Å². The van der Waals surface area contributed by atoms with E-state index in [1.807, 2.05) is 0 Å². The van der Waals surface area contributed by atoms with Crippen LogP contribution in [-0.2, 0) is 13.0 Å². The summed E-state index contributed by atoms with van der Waals surface area (Å²) in [6, 6.07) is 8.66. The molecule has 0 spiro atoms. The molecule has 0 aliphatic carbocycles. The SMILES string of the molecule is [CH2-][NH+]1CCCCC1.[CH2-][NH+]1CCc2ccccc2C1. The largest absolute Gasteiger partial charge is 0.468 e. The van der Waals surface area contributed by atoms with Gasteiger partial charge < -0.3 is 9.80 Å². The van der Waals surface area contributed by atoms with Gasteiger partial charge in [-0.3, -0.25) is 0 Å². The molecule has 0 aromatic heterocycles. The first-order valence-corrected chi connectivity index (χ1v) is 7.16. The molecule has 1 fully saturated rings. The van der Waals surface area contributed by atoms with Crippen molar-refractivity contribution >= 4 is 0 Å². The Labute approximate surface area is 112 Å². The number of hydrogen-bond donors (Lipinski definition) is 2. The lowest BCUT2D eigenvalue weighted by Gasteiger charge is -2.27. The summed E-state index contributed by atoms with van der Waals surface area (Å²) in [6.45, 7) is 4.85. The molecule has 3 rings (SSSR count). The van der Waals surface area contributed by atoms with Crippen molar-refractivity contribution in [1.82, 2.24) is 0 Å². The molecular formula is C16H26N2. The zero-order valence-corrected chi connectivity index (χ0v) is 11.4. The molecule has 2 heterocycles. The lowest BCUT2D eigenvalue weighted by Crippen LogP contribution is -3.07. The average molecular weight is 246 g/mol. The molecule has 2 nitrogen and oxygen atoms in total. The molecule has 1 unspecified atom stereocenters. The maximum atomic E-state index is 4.01. The number of piperidine rings is 1. The van der Waals surface area contributed by atoms with Crippen molar-refractivity contribution in [3.05, 3.63) is 49.5 Å². The van der Waals surface area contributed by atoms with Crippen molar-refractivity contribution in [2.45, 2.75) is 32.2 Å². The molecule has 1 saturated heterocycles. The van der Waals surface area contributed by atoms with Crippen LogP contribution >= 0.6 is 0 Å². The van der Waals surface area contributed by atoms with Crippen LogP contribution in [0.1, 0.15) is 30.4 Å². The highest BCUT2D eigenvalue weighted by atomic mass is 15.1. The Morgan fingerprint density at radius 3 is 2.06 bits per heavy atom. The fourth-order valence-electron chi connectivity index (χ4n) is 2.69. The number of benzene rings is 1. The zero-order chi connectivity index (χ0) is 12.8. The molecule has 2 aliphatic rings. The average Bonchev–Trinajstić information content (AvgIpc) is 2.40. The van der Waals surface area contributed by atoms with Crippen molar-refractivity contribution in [3.8, 4) is 0 Å². The summed E-state index contributed by atoms with van der Waals surface area (Å²) in [7, 11) is 7.93. The summed E-state index contributed by atoms with van der Waals surface area (Å²) >= 11 is 0. The predicted molar refractivity (Wildman–Crippen MR) is 74.9 cm³/mol. The van der Waals surface area contributed by atoms with Crippen LogP contribution in [0.25, 0.3) is 0 Å². The summed E-state index contributed by atoms with van der Waals surface area (Å²) in [5.74, 6) is 0. The fourth-order valence-corrected chi connectivity index (χ4v) is 2.69. The molecule has 1 atom stereocenters. The van der Waals surface area contributed by atoms with Crippen LogP contribution in [0, 0.1) is 14.1 Å². The van der Waals surface area contributed by atoms with E-state index in [1.165, 1.54) is 66.2 Å². The smallest absolute Gasteiger partial charge is 0.0790 e. The van der Waals surface area contributed by atoms with Crippen LogP contribution in [0.5, 0.6) is 0 Å². The summed E-state index contributed by atoms with van der Waals surface area (Å²) < 4.78 is 0. The Morgan fingerprint density at radius 2 is 1.44 bits per heavy atom. The molecular weight excluding hydrogens is 220 g/mol. The number of rotatable bonds is 0. The second-order valence-corrected chi connectivity index (χ2v) is 5.51. The Balaban J connectivity index is 0.000000149. The van der Waals surface area contributed by atoms with E-state index < -0.39 is 0 Å². The van der Waals surface area contributed by atoms with Crippen LogP contribution in [0.4, 0.5) is 0 Å². The van der Waals surface area contributed by atoms with E-state index in [4.69, 9.17) is 0 Å². The van der Waals surface area contributed by atoms with E-state index in [2.05, 4.69) is 38.4 Å². The summed E-state index contributed by atoms with van der Waals surface area (Å²) in [6.07, 6.45) is 5.39. The third-order valence-corrected chi connectivity index (χ3v) is 3.87. The van der Waals surface area contributed by atoms with Gasteiger partial charge in [0.2, 0.25) is 0 Å². The van der Waals surface area contributed by atoms with Crippen LogP contribution < -0.4 is 9.80 Å². The summed E-state index contributed by atoms with van der Waals surface area (Å²) in [5, 5.41) is 0. The van der Waals surface area contributed by atoms with Crippen molar-refractivity contribution in [3.63, 3.8) is 0 Å². The Morgan fingerprint density at radius 1 is 0.778 bits per heavy atom. The minimum atomic E-state index is 1.09. The maximum Gasteiger partial charge on any atom is 0.0790 e. The number of fused-ring (bicyclic) bond motifs is 1. The van der Waals surface area contributed by atoms with Gasteiger partial charge in [-0.15, -0.1) is 0 Å². The van der Waals surface area contributed by atoms with E-state index in [0.29, 0.717) is 0 Å². The molecule has 0 radical (unpaired) electrons. The number of likely N-dealkylation sites (tertiary alicyclic amines) is 1. The van der Waals surface area contributed by atoms with Crippen LogP contribution in [0.3, 0.4) is 0 Å². The highest BCUT2D eigenvalue weighted by Crippen LogP contribution is 2.09. The van der Waals surface area contributed by atoms with Gasteiger partial charge in [-0.05, 0) is 24.8 Å². The summed E-state index contributed by atoms with van der Waals surface area (Å²) in [4.78, 5) is 2.84. The Bertz CT molecular complexity index is 356. The molecule has 1 aromatic rings. The zero-order valence-electron chi connectivity index (χ0n) is 11.4. The van der Waals surface area contributed by atoms with Crippen molar-refractivity contribution in [2.75, 3.05) is 19.6 Å². The Kier molecular flexibility index (Phi) is 5.21. The van der Waals surface area contributed by atoms with Gasteiger partial charge >= 0.3 is 0 Å². The van der Waals surface area contributed by atoms with Gasteiger partial charge in [-0.1, -0.05) is 24.3 Å². The van der Waals surface area contributed by atoms with Crippen LogP contribution in [-0.4, -0.2) is 19.6 Å². The second-order valence-electron chi connectivity index (χ2n) is 5.51. The molecule has 2 aliphatic heterocycles. The first-order valence-electron chi connectivity index (χ1n) is 7.16. The van der Waals surface area contributed by atoms with E-state index >= 15 is 0 Å². The van der Waals surface area contributed by atoms with Gasteiger partial charge in [-0.25, -0.2) is 0 Å². The predicted octanol–water partition coefficient (Wildman–Crippen LogP) is 0.266. The van der Waals surface area contributed by atoms with Crippen molar-refractivity contribution in [1.29, 1.82) is 0 Å². The molecule has 2 N–H and O–H groups in total. The molecule has 0 saturated carbocycles. The molecule has 0 bridgehead atoms. The normalized spacial score (nSPS) is 23.8. The third-order valence-electron chi connectivity index (χ3n) is 3.87. The number of quaternary nitrogens is 2. The van der Waals surface area contributed by atoms with Crippen LogP contribution in [0.2, 0.25) is 0 Å². The van der Waals surface area contributed by atoms with Crippen molar-refractivity contribution in [2.24, 2.45) is 0 Å². The van der Waals surface area contributed by atoms with Crippen LogP contribution in [0.15, 0.2) is 24.3 Å². The Hall–Kier alpha value is -0.860. The summed E-state index contributed by atoms with van der Waals surface area (Å²) in [5.41, 5.74) is 2.99. The first kappa shape index (κ1) is 13.6. The van der Waals surface area contributed by atoms with Gasteiger partial charge in [0.1, 0.15) is 0 Å². The lowest BCUT2D eigenvalue weighted by atomic mass is 10.0. The third kappa shape index (κ3) is 4.11. The van der Waals surface area contributed by atoms with E-state index in [0.717, 1.165) is 6.54 Å². The number of nitrogens with one attached hydrogen (secondary N) is 2. The van der Waals surface area contributed by atoms with E-state index in [9.17, 15) is 0 Å². The highest BCUT2D eigenvalue weighted by molar-refractivity contribution is 5.27. The van der Waals surface area contributed by atoms with Gasteiger partial charge in [0, 0.05) is 12.0 Å². The lowest BCUT2D eigenvalue weighted by molar-refractivity contribution is -0.870. The van der Waals surface area contributed by atoms with Gasteiger partial charge in [-0.2, -0.15) is 14.1 Å². The highest BCUT2D eigenvalue weighted by Gasteiger charge is 2.10. The minimum absolute atomic E-state index is 1.09. The molecule has 100 valence electrons. The maximum absolute atomic E-state index is 4.01. The second kappa shape index (κ2) is 6.91. The van der Waals surface area contributed by atoms with Gasteiger partial charge in [0.15, 0.2) is 0 Å². The number of hydrogen-bond acceptors (Lipinski definition) is 0. The first-order chi connectivity index (χ1) is 8.75. The minimum Gasteiger partial charge on any atom is -0.468 e. The van der Waals surface area contributed by atoms with Gasteiger partial charge in [0.25, 0.3) is 0 Å². The quantitative estimate of drug-likeness (QED) is 0.608. The topological polar surface area (TPSA) is 8.88 Å². The monoisotopic (exact) mass is 246 g/mol. The molecule has 0 amide bonds. The standard InChI is InChI=1S/C10H13N.C6H13N/c1-11-7-6-9-4-2-3-5-10(9)8-11;1-7-5-3-2-4-6-7/h2-5,11H,1,6-8H2;7H,1-6H2. The molecule has 1 aromatic carbocycles. The molecule has 2 heteroatoms. The fraction of sp³-hybridized carbons (Fsp3) is 0.500. The van der Waals surface area contributed by atoms with E-state index in [-0.39, 0.29) is 0 Å².